The maximum atomic E-state index is 5.63. The molecule has 94 valence electrons. The van der Waals surface area contributed by atoms with Gasteiger partial charge in [0.25, 0.3) is 0 Å². The van der Waals surface area contributed by atoms with Gasteiger partial charge in [0.05, 0.1) is 12.8 Å². The van der Waals surface area contributed by atoms with Gasteiger partial charge in [0, 0.05) is 30.9 Å². The summed E-state index contributed by atoms with van der Waals surface area (Å²) in [6.07, 6.45) is 7.00. The first kappa shape index (κ1) is 12.5. The monoisotopic (exact) mass is 243 g/mol. The summed E-state index contributed by atoms with van der Waals surface area (Å²) in [5, 5.41) is 0. The molecule has 0 radical (unpaired) electrons. The molecule has 0 aliphatic rings. The van der Waals surface area contributed by atoms with E-state index < -0.39 is 0 Å². The molecule has 0 atom stereocenters. The summed E-state index contributed by atoms with van der Waals surface area (Å²) in [6, 6.07) is 7.87. The van der Waals surface area contributed by atoms with E-state index in [1.165, 1.54) is 5.56 Å². The van der Waals surface area contributed by atoms with Crippen molar-refractivity contribution >= 4 is 0 Å². The molecule has 0 aliphatic carbocycles. The third-order valence-electron chi connectivity index (χ3n) is 2.61. The van der Waals surface area contributed by atoms with E-state index in [1.807, 2.05) is 24.3 Å². The van der Waals surface area contributed by atoms with Gasteiger partial charge in [-0.3, -0.25) is 9.97 Å². The van der Waals surface area contributed by atoms with E-state index in [4.69, 9.17) is 10.5 Å². The predicted molar refractivity (Wildman–Crippen MR) is 70.4 cm³/mol. The molecule has 2 heterocycles. The van der Waals surface area contributed by atoms with Crippen LogP contribution in [0.25, 0.3) is 0 Å². The molecule has 0 aromatic carbocycles. The second-order valence-electron chi connectivity index (χ2n) is 3.98. The molecule has 18 heavy (non-hydrogen) atoms. The Bertz CT molecular complexity index is 456. The van der Waals surface area contributed by atoms with Gasteiger partial charge in [-0.25, -0.2) is 0 Å². The Morgan fingerprint density at radius 2 is 1.89 bits per heavy atom. The van der Waals surface area contributed by atoms with Gasteiger partial charge in [-0.1, -0.05) is 0 Å². The Morgan fingerprint density at radius 1 is 1.06 bits per heavy atom. The number of rotatable bonds is 6. The summed E-state index contributed by atoms with van der Waals surface area (Å²) in [4.78, 5) is 8.26. The summed E-state index contributed by atoms with van der Waals surface area (Å²) in [6.45, 7) is 1.26. The zero-order chi connectivity index (χ0) is 12.6. The number of hydrogen-bond donors (Lipinski definition) is 1. The van der Waals surface area contributed by atoms with Gasteiger partial charge in [-0.15, -0.1) is 0 Å². The van der Waals surface area contributed by atoms with Gasteiger partial charge in [-0.2, -0.15) is 0 Å². The first-order valence-electron chi connectivity index (χ1n) is 6.05. The fourth-order valence-electron chi connectivity index (χ4n) is 1.63. The molecule has 2 aromatic heterocycles. The van der Waals surface area contributed by atoms with Crippen molar-refractivity contribution in [1.29, 1.82) is 0 Å². The van der Waals surface area contributed by atoms with Crippen LogP contribution in [0.5, 0.6) is 5.75 Å². The first-order valence-corrected chi connectivity index (χ1v) is 6.05. The van der Waals surface area contributed by atoms with Crippen LogP contribution in [0.1, 0.15) is 11.3 Å². The Balaban J connectivity index is 1.80. The van der Waals surface area contributed by atoms with Crippen LogP contribution in [-0.2, 0) is 12.8 Å². The molecule has 0 bridgehead atoms. The summed E-state index contributed by atoms with van der Waals surface area (Å²) < 4.78 is 5.63. The predicted octanol–water partition coefficient (Wildman–Crippen LogP) is 1.60. The minimum atomic E-state index is 0.620. The lowest BCUT2D eigenvalue weighted by atomic mass is 10.2. The van der Waals surface area contributed by atoms with Crippen LogP contribution < -0.4 is 10.5 Å². The third kappa shape index (κ3) is 3.82. The molecule has 0 saturated heterocycles. The average Bonchev–Trinajstić information content (AvgIpc) is 2.42. The molecule has 4 nitrogen and oxygen atoms in total. The highest BCUT2D eigenvalue weighted by molar-refractivity contribution is 5.20. The number of pyridine rings is 2. The molecule has 0 unspecified atom stereocenters. The summed E-state index contributed by atoms with van der Waals surface area (Å²) >= 11 is 0. The van der Waals surface area contributed by atoms with Crippen LogP contribution in [-0.4, -0.2) is 23.1 Å². The largest absolute Gasteiger partial charge is 0.492 e. The molecule has 2 aromatic rings. The number of nitrogens with two attached hydrogens (primary N) is 1. The minimum Gasteiger partial charge on any atom is -0.492 e. The van der Waals surface area contributed by atoms with E-state index in [0.717, 1.165) is 24.3 Å². The second kappa shape index (κ2) is 6.71. The lowest BCUT2D eigenvalue weighted by molar-refractivity contribution is 0.320. The van der Waals surface area contributed by atoms with E-state index in [-0.39, 0.29) is 0 Å². The molecule has 2 rings (SSSR count). The first-order chi connectivity index (χ1) is 8.88. The molecule has 0 fully saturated rings. The van der Waals surface area contributed by atoms with Crippen molar-refractivity contribution in [3.63, 3.8) is 0 Å². The van der Waals surface area contributed by atoms with Crippen molar-refractivity contribution in [1.82, 2.24) is 9.97 Å². The SMILES string of the molecule is NCCc1ccc(OCCc2ccncc2)cn1. The second-order valence-corrected chi connectivity index (χ2v) is 3.98. The fraction of sp³-hybridized carbons (Fsp3) is 0.286. The zero-order valence-electron chi connectivity index (χ0n) is 10.2. The Kier molecular flexibility index (Phi) is 4.67. The maximum absolute atomic E-state index is 5.63. The summed E-state index contributed by atoms with van der Waals surface area (Å²) in [5.41, 5.74) is 7.69. The normalized spacial score (nSPS) is 10.3. The lowest BCUT2D eigenvalue weighted by Crippen LogP contribution is -2.05. The van der Waals surface area contributed by atoms with Crippen LogP contribution >= 0.6 is 0 Å². The van der Waals surface area contributed by atoms with Gasteiger partial charge < -0.3 is 10.5 Å². The van der Waals surface area contributed by atoms with E-state index in [2.05, 4.69) is 9.97 Å². The van der Waals surface area contributed by atoms with Crippen molar-refractivity contribution < 1.29 is 4.74 Å². The van der Waals surface area contributed by atoms with E-state index >= 15 is 0 Å². The lowest BCUT2D eigenvalue weighted by Gasteiger charge is -2.06. The molecule has 0 spiro atoms. The van der Waals surface area contributed by atoms with Crippen molar-refractivity contribution in [3.05, 3.63) is 54.1 Å². The molecular weight excluding hydrogens is 226 g/mol. The number of aromatic nitrogens is 2. The van der Waals surface area contributed by atoms with Crippen LogP contribution in [0, 0.1) is 0 Å². The Morgan fingerprint density at radius 3 is 2.56 bits per heavy atom. The standard InChI is InChI=1S/C14H17N3O/c15-7-3-13-1-2-14(11-17-13)18-10-6-12-4-8-16-9-5-12/h1-2,4-5,8-9,11H,3,6-7,10,15H2. The molecule has 0 aliphatic heterocycles. The highest BCUT2D eigenvalue weighted by atomic mass is 16.5. The quantitative estimate of drug-likeness (QED) is 0.837. The summed E-state index contributed by atoms with van der Waals surface area (Å²) in [5.74, 6) is 0.796. The Labute approximate surface area is 107 Å². The fourth-order valence-corrected chi connectivity index (χ4v) is 1.63. The number of hydrogen-bond acceptors (Lipinski definition) is 4. The van der Waals surface area contributed by atoms with Crippen LogP contribution in [0.4, 0.5) is 0 Å². The van der Waals surface area contributed by atoms with E-state index in [1.54, 1.807) is 18.6 Å². The van der Waals surface area contributed by atoms with Crippen LogP contribution in [0.3, 0.4) is 0 Å². The van der Waals surface area contributed by atoms with Crippen molar-refractivity contribution in [3.8, 4) is 5.75 Å². The molecule has 2 N–H and O–H groups in total. The third-order valence-corrected chi connectivity index (χ3v) is 2.61. The van der Waals surface area contributed by atoms with Gasteiger partial charge in [0.15, 0.2) is 0 Å². The molecule has 0 amide bonds. The molecule has 0 saturated carbocycles. The van der Waals surface area contributed by atoms with Crippen molar-refractivity contribution in [2.75, 3.05) is 13.2 Å². The van der Waals surface area contributed by atoms with Gasteiger partial charge in [0.2, 0.25) is 0 Å². The molecule has 4 heteroatoms. The number of ether oxygens (including phenoxy) is 1. The van der Waals surface area contributed by atoms with Crippen molar-refractivity contribution in [2.24, 2.45) is 5.73 Å². The van der Waals surface area contributed by atoms with E-state index in [0.29, 0.717) is 13.2 Å². The Hall–Kier alpha value is -1.94. The minimum absolute atomic E-state index is 0.620. The van der Waals surface area contributed by atoms with Gasteiger partial charge >= 0.3 is 0 Å². The molecular formula is C14H17N3O. The van der Waals surface area contributed by atoms with Crippen molar-refractivity contribution in [2.45, 2.75) is 12.8 Å². The highest BCUT2D eigenvalue weighted by Gasteiger charge is 1.97. The summed E-state index contributed by atoms with van der Waals surface area (Å²) in [7, 11) is 0. The maximum Gasteiger partial charge on any atom is 0.137 e. The van der Waals surface area contributed by atoms with E-state index in [9.17, 15) is 0 Å². The van der Waals surface area contributed by atoms with Gasteiger partial charge in [-0.05, 0) is 36.4 Å². The topological polar surface area (TPSA) is 61.0 Å². The van der Waals surface area contributed by atoms with Crippen LogP contribution in [0.2, 0.25) is 0 Å². The smallest absolute Gasteiger partial charge is 0.137 e. The average molecular weight is 243 g/mol. The number of nitrogens with zero attached hydrogens (tertiary/aromatic N) is 2. The van der Waals surface area contributed by atoms with Gasteiger partial charge in [0.1, 0.15) is 5.75 Å². The van der Waals surface area contributed by atoms with Crippen LogP contribution in [0.15, 0.2) is 42.9 Å². The zero-order valence-corrected chi connectivity index (χ0v) is 10.2. The highest BCUT2D eigenvalue weighted by Crippen LogP contribution is 2.10.